The fraction of sp³-hybridized carbons (Fsp3) is 0.250. The molecule has 0 unspecified atom stereocenters. The van der Waals surface area contributed by atoms with Crippen LogP contribution in [0.2, 0.25) is 0 Å². The zero-order valence-corrected chi connectivity index (χ0v) is 8.94. The van der Waals surface area contributed by atoms with Crippen LogP contribution in [0, 0.1) is 13.8 Å². The van der Waals surface area contributed by atoms with Gasteiger partial charge >= 0.3 is 0 Å². The smallest absolute Gasteiger partial charge is 0.115 e. The van der Waals surface area contributed by atoms with Crippen LogP contribution in [0.15, 0.2) is 30.6 Å². The molecule has 1 aromatic carbocycles. The molecule has 1 aromatic heterocycles. The van der Waals surface area contributed by atoms with Crippen molar-refractivity contribution in [1.29, 1.82) is 0 Å². The van der Waals surface area contributed by atoms with Gasteiger partial charge in [-0.05, 0) is 31.5 Å². The van der Waals surface area contributed by atoms with Gasteiger partial charge in [0, 0.05) is 12.2 Å². The van der Waals surface area contributed by atoms with Gasteiger partial charge < -0.3 is 9.67 Å². The molecule has 0 saturated carbocycles. The van der Waals surface area contributed by atoms with Crippen LogP contribution < -0.4 is 0 Å². The van der Waals surface area contributed by atoms with E-state index < -0.39 is 0 Å². The number of aryl methyl sites for hydroxylation is 1. The second-order valence-electron chi connectivity index (χ2n) is 3.71. The third-order valence-corrected chi connectivity index (χ3v) is 2.61. The summed E-state index contributed by atoms with van der Waals surface area (Å²) in [4.78, 5) is 4.24. The van der Waals surface area contributed by atoms with Crippen molar-refractivity contribution in [3.05, 3.63) is 47.5 Å². The van der Waals surface area contributed by atoms with Crippen molar-refractivity contribution in [2.24, 2.45) is 0 Å². The second-order valence-corrected chi connectivity index (χ2v) is 3.71. The zero-order chi connectivity index (χ0) is 10.8. The first-order chi connectivity index (χ1) is 7.16. The average molecular weight is 202 g/mol. The number of nitrogens with zero attached hydrogens (tertiary/aromatic N) is 2. The SMILES string of the molecule is Cc1ncn(Cc2cccc(O)c2)c1C. The summed E-state index contributed by atoms with van der Waals surface area (Å²) >= 11 is 0. The molecule has 0 spiro atoms. The molecule has 1 N–H and O–H groups in total. The number of rotatable bonds is 2. The van der Waals surface area contributed by atoms with Crippen LogP contribution >= 0.6 is 0 Å². The number of imidazole rings is 1. The summed E-state index contributed by atoms with van der Waals surface area (Å²) in [5.74, 6) is 0.307. The van der Waals surface area contributed by atoms with E-state index in [1.165, 1.54) is 5.69 Å². The molecule has 0 aliphatic heterocycles. The molecule has 0 bridgehead atoms. The molecule has 2 rings (SSSR count). The van der Waals surface area contributed by atoms with Gasteiger partial charge in [0.2, 0.25) is 0 Å². The van der Waals surface area contributed by atoms with Gasteiger partial charge in [0.1, 0.15) is 5.75 Å². The van der Waals surface area contributed by atoms with Crippen molar-refractivity contribution in [1.82, 2.24) is 9.55 Å². The van der Waals surface area contributed by atoms with E-state index in [4.69, 9.17) is 0 Å². The molecule has 0 atom stereocenters. The Morgan fingerprint density at radius 3 is 2.73 bits per heavy atom. The fourth-order valence-electron chi connectivity index (χ4n) is 1.56. The maximum atomic E-state index is 9.34. The van der Waals surface area contributed by atoms with Gasteiger partial charge in [0.05, 0.1) is 12.0 Å². The monoisotopic (exact) mass is 202 g/mol. The summed E-state index contributed by atoms with van der Waals surface area (Å²) in [6.45, 7) is 4.79. The number of phenols is 1. The fourth-order valence-corrected chi connectivity index (χ4v) is 1.56. The Balaban J connectivity index is 2.26. The topological polar surface area (TPSA) is 38.0 Å². The van der Waals surface area contributed by atoms with Crippen LogP contribution in [-0.4, -0.2) is 14.7 Å². The highest BCUT2D eigenvalue weighted by atomic mass is 16.3. The van der Waals surface area contributed by atoms with Crippen LogP contribution in [0.3, 0.4) is 0 Å². The van der Waals surface area contributed by atoms with E-state index in [0.717, 1.165) is 17.8 Å². The van der Waals surface area contributed by atoms with Crippen LogP contribution in [0.4, 0.5) is 0 Å². The summed E-state index contributed by atoms with van der Waals surface area (Å²) in [6, 6.07) is 7.29. The summed E-state index contributed by atoms with van der Waals surface area (Å²) < 4.78 is 2.07. The first-order valence-corrected chi connectivity index (χ1v) is 4.93. The molecule has 0 amide bonds. The Kier molecular flexibility index (Phi) is 2.46. The predicted molar refractivity (Wildman–Crippen MR) is 58.9 cm³/mol. The van der Waals surface area contributed by atoms with Gasteiger partial charge in [-0.15, -0.1) is 0 Å². The molecular weight excluding hydrogens is 188 g/mol. The molecule has 0 aliphatic rings. The van der Waals surface area contributed by atoms with Crippen molar-refractivity contribution < 1.29 is 5.11 Å². The van der Waals surface area contributed by atoms with Gasteiger partial charge in [0.25, 0.3) is 0 Å². The van der Waals surface area contributed by atoms with Crippen LogP contribution in [0.25, 0.3) is 0 Å². The normalized spacial score (nSPS) is 10.5. The minimum atomic E-state index is 0.307. The van der Waals surface area contributed by atoms with Crippen molar-refractivity contribution in [2.75, 3.05) is 0 Å². The minimum Gasteiger partial charge on any atom is -0.508 e. The largest absolute Gasteiger partial charge is 0.508 e. The molecule has 3 nitrogen and oxygen atoms in total. The minimum absolute atomic E-state index is 0.307. The van der Waals surface area contributed by atoms with E-state index in [1.807, 2.05) is 32.3 Å². The first kappa shape index (κ1) is 9.77. The van der Waals surface area contributed by atoms with Gasteiger partial charge in [-0.2, -0.15) is 0 Å². The molecule has 1 heterocycles. The molecular formula is C12H14N2O. The number of aromatic nitrogens is 2. The first-order valence-electron chi connectivity index (χ1n) is 4.93. The van der Waals surface area contributed by atoms with Crippen molar-refractivity contribution in [2.45, 2.75) is 20.4 Å². The summed E-state index contributed by atoms with van der Waals surface area (Å²) in [5, 5.41) is 9.34. The number of hydrogen-bond acceptors (Lipinski definition) is 2. The van der Waals surface area contributed by atoms with E-state index in [0.29, 0.717) is 5.75 Å². The number of aromatic hydroxyl groups is 1. The lowest BCUT2D eigenvalue weighted by Gasteiger charge is -2.05. The van der Waals surface area contributed by atoms with E-state index in [2.05, 4.69) is 9.55 Å². The highest BCUT2D eigenvalue weighted by molar-refractivity contribution is 5.27. The Morgan fingerprint density at radius 1 is 1.33 bits per heavy atom. The molecule has 15 heavy (non-hydrogen) atoms. The van der Waals surface area contributed by atoms with Crippen molar-refractivity contribution in [3.8, 4) is 5.75 Å². The van der Waals surface area contributed by atoms with E-state index in [-0.39, 0.29) is 0 Å². The van der Waals surface area contributed by atoms with Crippen LogP contribution in [-0.2, 0) is 6.54 Å². The third-order valence-electron chi connectivity index (χ3n) is 2.61. The maximum Gasteiger partial charge on any atom is 0.115 e. The highest BCUT2D eigenvalue weighted by Crippen LogP contribution is 2.13. The lowest BCUT2D eigenvalue weighted by Crippen LogP contribution is -2.00. The average Bonchev–Trinajstić information content (AvgIpc) is 2.50. The van der Waals surface area contributed by atoms with Gasteiger partial charge in [0.15, 0.2) is 0 Å². The summed E-state index contributed by atoms with van der Waals surface area (Å²) in [6.07, 6.45) is 1.83. The molecule has 2 aromatic rings. The predicted octanol–water partition coefficient (Wildman–Crippen LogP) is 2.25. The summed E-state index contributed by atoms with van der Waals surface area (Å²) in [7, 11) is 0. The molecule has 78 valence electrons. The molecule has 0 radical (unpaired) electrons. The maximum absolute atomic E-state index is 9.34. The molecule has 3 heteroatoms. The standard InChI is InChI=1S/C12H14N2O/c1-9-10(2)14(8-13-9)7-11-4-3-5-12(15)6-11/h3-6,8,15H,7H2,1-2H3. The number of hydrogen-bond donors (Lipinski definition) is 1. The Morgan fingerprint density at radius 2 is 2.13 bits per heavy atom. The zero-order valence-electron chi connectivity index (χ0n) is 8.94. The molecule has 0 fully saturated rings. The van der Waals surface area contributed by atoms with Gasteiger partial charge in [-0.25, -0.2) is 4.98 Å². The Labute approximate surface area is 89.0 Å². The van der Waals surface area contributed by atoms with Crippen molar-refractivity contribution >= 4 is 0 Å². The molecule has 0 saturated heterocycles. The number of benzene rings is 1. The lowest BCUT2D eigenvalue weighted by atomic mass is 10.2. The number of phenolic OH excluding ortho intramolecular Hbond substituents is 1. The van der Waals surface area contributed by atoms with Gasteiger partial charge in [-0.3, -0.25) is 0 Å². The van der Waals surface area contributed by atoms with E-state index in [9.17, 15) is 5.11 Å². The Bertz CT molecular complexity index is 474. The van der Waals surface area contributed by atoms with Gasteiger partial charge in [-0.1, -0.05) is 12.1 Å². The third kappa shape index (κ3) is 2.01. The van der Waals surface area contributed by atoms with E-state index >= 15 is 0 Å². The Hall–Kier alpha value is -1.77. The van der Waals surface area contributed by atoms with Crippen LogP contribution in [0.5, 0.6) is 5.75 Å². The lowest BCUT2D eigenvalue weighted by molar-refractivity contribution is 0.474. The quantitative estimate of drug-likeness (QED) is 0.811. The highest BCUT2D eigenvalue weighted by Gasteiger charge is 2.02. The second kappa shape index (κ2) is 3.77. The molecule has 0 aliphatic carbocycles. The van der Waals surface area contributed by atoms with E-state index in [1.54, 1.807) is 12.1 Å². The summed E-state index contributed by atoms with van der Waals surface area (Å²) in [5.41, 5.74) is 3.30. The van der Waals surface area contributed by atoms with Crippen LogP contribution in [0.1, 0.15) is 17.0 Å². The van der Waals surface area contributed by atoms with Crippen molar-refractivity contribution in [3.63, 3.8) is 0 Å².